The molecule has 0 aromatic carbocycles. The summed E-state index contributed by atoms with van der Waals surface area (Å²) in [6.45, 7) is 1.81. The Bertz CT molecular complexity index is 237. The van der Waals surface area contributed by atoms with Gasteiger partial charge in [-0.2, -0.15) is 11.8 Å². The number of ether oxygens (including phenoxy) is 1. The first-order chi connectivity index (χ1) is 8.86. The van der Waals surface area contributed by atoms with Crippen molar-refractivity contribution in [3.63, 3.8) is 0 Å². The van der Waals surface area contributed by atoms with E-state index in [0.29, 0.717) is 6.04 Å². The molecular weight excluding hydrogens is 264 g/mol. The van der Waals surface area contributed by atoms with Gasteiger partial charge in [0.2, 0.25) is 0 Å². The van der Waals surface area contributed by atoms with Crippen LogP contribution >= 0.6 is 23.5 Å². The van der Waals surface area contributed by atoms with Crippen molar-refractivity contribution in [2.45, 2.75) is 38.1 Å². The molecule has 106 valence electrons. The van der Waals surface area contributed by atoms with Crippen molar-refractivity contribution < 1.29 is 4.74 Å². The van der Waals surface area contributed by atoms with E-state index < -0.39 is 0 Å². The molecule has 1 atom stereocenters. The fourth-order valence-corrected chi connectivity index (χ4v) is 3.37. The van der Waals surface area contributed by atoms with Crippen molar-refractivity contribution in [2.24, 2.45) is 4.99 Å². The predicted octanol–water partition coefficient (Wildman–Crippen LogP) is 3.01. The van der Waals surface area contributed by atoms with E-state index in [0.717, 1.165) is 30.5 Å². The predicted molar refractivity (Wildman–Crippen MR) is 85.0 cm³/mol. The smallest absolute Gasteiger partial charge is 0.156 e. The summed E-state index contributed by atoms with van der Waals surface area (Å²) in [5, 5.41) is 4.61. The van der Waals surface area contributed by atoms with E-state index in [-0.39, 0.29) is 0 Å². The molecule has 0 aromatic rings. The van der Waals surface area contributed by atoms with E-state index in [4.69, 9.17) is 4.74 Å². The van der Waals surface area contributed by atoms with Gasteiger partial charge in [-0.3, -0.25) is 4.99 Å². The summed E-state index contributed by atoms with van der Waals surface area (Å²) in [5.41, 5.74) is 0. The Labute approximate surface area is 120 Å². The summed E-state index contributed by atoms with van der Waals surface area (Å²) in [6, 6.07) is 0.551. The standard InChI is InChI=1S/C13H26N2OS2/c1-16-9-7-12-11-18-13(15-12)14-8-5-3-4-6-10-17-2/h12H,3-11H2,1-2H3,(H,14,15). The molecule has 1 rings (SSSR count). The minimum absolute atomic E-state index is 0.551. The average Bonchev–Trinajstić information content (AvgIpc) is 2.83. The zero-order chi connectivity index (χ0) is 13.1. The molecule has 5 heteroatoms. The van der Waals surface area contributed by atoms with Crippen molar-refractivity contribution in [2.75, 3.05) is 38.0 Å². The molecule has 18 heavy (non-hydrogen) atoms. The molecule has 1 aliphatic heterocycles. The third-order valence-electron chi connectivity index (χ3n) is 2.93. The molecule has 0 aromatic heterocycles. The highest BCUT2D eigenvalue weighted by atomic mass is 32.2. The Morgan fingerprint density at radius 1 is 1.39 bits per heavy atom. The lowest BCUT2D eigenvalue weighted by molar-refractivity contribution is 0.188. The van der Waals surface area contributed by atoms with Crippen molar-refractivity contribution in [3.8, 4) is 0 Å². The van der Waals surface area contributed by atoms with Crippen LogP contribution in [0.3, 0.4) is 0 Å². The van der Waals surface area contributed by atoms with Gasteiger partial charge in [-0.25, -0.2) is 0 Å². The normalized spacial score (nSPS) is 21.4. The molecular formula is C13H26N2OS2. The van der Waals surface area contributed by atoms with Crippen LogP contribution < -0.4 is 5.32 Å². The van der Waals surface area contributed by atoms with E-state index in [1.54, 1.807) is 7.11 Å². The van der Waals surface area contributed by atoms with Crippen LogP contribution in [-0.2, 0) is 4.74 Å². The molecule has 0 saturated carbocycles. The molecule has 1 N–H and O–H groups in total. The molecule has 1 fully saturated rings. The van der Waals surface area contributed by atoms with E-state index in [9.17, 15) is 0 Å². The van der Waals surface area contributed by atoms with Crippen molar-refractivity contribution >= 4 is 28.7 Å². The molecule has 0 spiro atoms. The first kappa shape index (κ1) is 16.2. The minimum Gasteiger partial charge on any atom is -0.385 e. The molecule has 0 amide bonds. The lowest BCUT2D eigenvalue weighted by Gasteiger charge is -2.08. The van der Waals surface area contributed by atoms with E-state index >= 15 is 0 Å². The number of amidine groups is 1. The molecule has 0 bridgehead atoms. The van der Waals surface area contributed by atoms with Crippen LogP contribution in [0.15, 0.2) is 4.99 Å². The number of unbranched alkanes of at least 4 members (excludes halogenated alkanes) is 3. The topological polar surface area (TPSA) is 33.6 Å². The van der Waals surface area contributed by atoms with Gasteiger partial charge in [0.25, 0.3) is 0 Å². The van der Waals surface area contributed by atoms with Gasteiger partial charge < -0.3 is 10.1 Å². The van der Waals surface area contributed by atoms with Gasteiger partial charge in [0.1, 0.15) is 0 Å². The van der Waals surface area contributed by atoms with Crippen molar-refractivity contribution in [3.05, 3.63) is 0 Å². The minimum atomic E-state index is 0.551. The Balaban J connectivity index is 1.99. The Hall–Kier alpha value is 0.130. The van der Waals surface area contributed by atoms with Gasteiger partial charge in [0.05, 0.1) is 0 Å². The highest BCUT2D eigenvalue weighted by molar-refractivity contribution is 8.14. The molecule has 3 nitrogen and oxygen atoms in total. The van der Waals surface area contributed by atoms with Crippen molar-refractivity contribution in [1.29, 1.82) is 0 Å². The van der Waals surface area contributed by atoms with Gasteiger partial charge in [-0.15, -0.1) is 0 Å². The Morgan fingerprint density at radius 2 is 2.22 bits per heavy atom. The van der Waals surface area contributed by atoms with Crippen LogP contribution in [-0.4, -0.2) is 49.2 Å². The molecule has 0 radical (unpaired) electrons. The molecule has 1 heterocycles. The van der Waals surface area contributed by atoms with E-state index in [1.807, 2.05) is 23.5 Å². The summed E-state index contributed by atoms with van der Waals surface area (Å²) >= 11 is 3.79. The second-order valence-corrected chi connectivity index (χ2v) is 6.52. The second kappa shape index (κ2) is 11.0. The summed E-state index contributed by atoms with van der Waals surface area (Å²) in [7, 11) is 1.76. The third kappa shape index (κ3) is 7.54. The third-order valence-corrected chi connectivity index (χ3v) is 4.72. The number of hydrogen-bond donors (Lipinski definition) is 1. The van der Waals surface area contributed by atoms with Crippen LogP contribution in [0.1, 0.15) is 32.1 Å². The maximum Gasteiger partial charge on any atom is 0.156 e. The van der Waals surface area contributed by atoms with Crippen LogP contribution in [0.25, 0.3) is 0 Å². The highest BCUT2D eigenvalue weighted by Gasteiger charge is 2.19. The first-order valence-corrected chi connectivity index (χ1v) is 9.16. The number of aliphatic imine (C=N–C) groups is 1. The fourth-order valence-electron chi connectivity index (χ4n) is 1.84. The molecule has 1 unspecified atom stereocenters. The van der Waals surface area contributed by atoms with E-state index in [2.05, 4.69) is 16.6 Å². The SMILES string of the molecule is COCCC1CSC(=NCCCCCCSC)N1. The number of nitrogens with zero attached hydrogens (tertiary/aromatic N) is 1. The second-order valence-electron chi connectivity index (χ2n) is 4.53. The van der Waals surface area contributed by atoms with Crippen LogP contribution in [0.2, 0.25) is 0 Å². The lowest BCUT2D eigenvalue weighted by Crippen LogP contribution is -2.28. The lowest BCUT2D eigenvalue weighted by atomic mass is 10.2. The monoisotopic (exact) mass is 290 g/mol. The average molecular weight is 290 g/mol. The largest absolute Gasteiger partial charge is 0.385 e. The molecule has 0 aliphatic carbocycles. The number of hydrogen-bond acceptors (Lipinski definition) is 4. The number of rotatable bonds is 10. The zero-order valence-corrected chi connectivity index (χ0v) is 13.2. The zero-order valence-electron chi connectivity index (χ0n) is 11.6. The highest BCUT2D eigenvalue weighted by Crippen LogP contribution is 2.16. The van der Waals surface area contributed by atoms with Gasteiger partial charge >= 0.3 is 0 Å². The number of thioether (sulfide) groups is 2. The Kier molecular flexibility index (Phi) is 9.89. The van der Waals surface area contributed by atoms with Crippen LogP contribution in [0.4, 0.5) is 0 Å². The van der Waals surface area contributed by atoms with Crippen LogP contribution in [0.5, 0.6) is 0 Å². The molecule has 1 aliphatic rings. The van der Waals surface area contributed by atoms with Gasteiger partial charge in [-0.05, 0) is 31.3 Å². The van der Waals surface area contributed by atoms with Gasteiger partial charge in [0, 0.05) is 32.1 Å². The maximum atomic E-state index is 5.09. The molecule has 1 saturated heterocycles. The number of methoxy groups -OCH3 is 1. The quantitative estimate of drug-likeness (QED) is 0.627. The Morgan fingerprint density at radius 3 is 3.00 bits per heavy atom. The summed E-state index contributed by atoms with van der Waals surface area (Å²) in [5.74, 6) is 2.43. The van der Waals surface area contributed by atoms with Gasteiger partial charge in [-0.1, -0.05) is 24.6 Å². The summed E-state index contributed by atoms with van der Waals surface area (Å²) in [6.07, 6.45) is 8.50. The first-order valence-electron chi connectivity index (χ1n) is 6.78. The maximum absolute atomic E-state index is 5.09. The fraction of sp³-hybridized carbons (Fsp3) is 0.923. The van der Waals surface area contributed by atoms with Crippen LogP contribution in [0, 0.1) is 0 Å². The van der Waals surface area contributed by atoms with Gasteiger partial charge in [0.15, 0.2) is 5.17 Å². The summed E-state index contributed by atoms with van der Waals surface area (Å²) < 4.78 is 5.09. The number of nitrogens with one attached hydrogen (secondary N) is 1. The van der Waals surface area contributed by atoms with Crippen molar-refractivity contribution in [1.82, 2.24) is 5.32 Å². The summed E-state index contributed by atoms with van der Waals surface area (Å²) in [4.78, 5) is 4.62. The van der Waals surface area contributed by atoms with E-state index in [1.165, 1.54) is 31.4 Å².